The Balaban J connectivity index is 1.87. The molecule has 0 aliphatic carbocycles. The maximum Gasteiger partial charge on any atom is 0.331 e. The van der Waals surface area contributed by atoms with Gasteiger partial charge in [0.2, 0.25) is 0 Å². The van der Waals surface area contributed by atoms with Gasteiger partial charge in [-0.05, 0) is 40.1 Å². The molecule has 1 heterocycles. The molecule has 0 fully saturated rings. The van der Waals surface area contributed by atoms with Gasteiger partial charge >= 0.3 is 5.97 Å². The maximum absolute atomic E-state index is 13.3. The number of phenolic OH excluding ortho intramolecular Hbond substituents is 1. The Hall–Kier alpha value is -3.59. The van der Waals surface area contributed by atoms with Crippen LogP contribution in [0.15, 0.2) is 91.0 Å². The van der Waals surface area contributed by atoms with Crippen molar-refractivity contribution in [3.8, 4) is 11.5 Å². The summed E-state index contributed by atoms with van der Waals surface area (Å²) < 4.78 is 5.63. The highest BCUT2D eigenvalue weighted by molar-refractivity contribution is 5.99. The van der Waals surface area contributed by atoms with Crippen molar-refractivity contribution in [2.75, 3.05) is 0 Å². The van der Waals surface area contributed by atoms with E-state index in [0.717, 1.165) is 27.5 Å². The van der Waals surface area contributed by atoms with Crippen LogP contribution < -0.4 is 4.74 Å². The van der Waals surface area contributed by atoms with Gasteiger partial charge in [-0.25, -0.2) is 4.79 Å². The molecule has 1 N–H and O–H groups in total. The predicted molar refractivity (Wildman–Crippen MR) is 104 cm³/mol. The molecule has 27 heavy (non-hydrogen) atoms. The Labute approximate surface area is 156 Å². The summed E-state index contributed by atoms with van der Waals surface area (Å²) in [7, 11) is 0. The number of carbonyl (C=O) groups excluding carboxylic acids is 1. The summed E-state index contributed by atoms with van der Waals surface area (Å²) >= 11 is 0. The van der Waals surface area contributed by atoms with E-state index < -0.39 is 5.41 Å². The lowest BCUT2D eigenvalue weighted by atomic mass is 9.70. The Morgan fingerprint density at radius 2 is 1.44 bits per heavy atom. The minimum atomic E-state index is -1.06. The Morgan fingerprint density at radius 3 is 2.26 bits per heavy atom. The average Bonchev–Trinajstić information content (AvgIpc) is 3.00. The van der Waals surface area contributed by atoms with E-state index in [0.29, 0.717) is 5.75 Å². The van der Waals surface area contributed by atoms with Crippen molar-refractivity contribution in [1.29, 1.82) is 0 Å². The van der Waals surface area contributed by atoms with E-state index in [1.165, 1.54) is 6.07 Å². The minimum Gasteiger partial charge on any atom is -0.508 e. The molecule has 0 saturated heterocycles. The molecule has 1 atom stereocenters. The fraction of sp³-hybridized carbons (Fsp3) is 0.0417. The SMILES string of the molecule is O=C1Oc2cc(O)ccc2[C@@]1(c1ccccc1)c1ccc2ccccc2c1. The zero-order valence-corrected chi connectivity index (χ0v) is 14.4. The van der Waals surface area contributed by atoms with Crippen LogP contribution in [0.4, 0.5) is 0 Å². The van der Waals surface area contributed by atoms with Crippen LogP contribution in [0.5, 0.6) is 11.5 Å². The summed E-state index contributed by atoms with van der Waals surface area (Å²) in [6.07, 6.45) is 0. The number of hydrogen-bond donors (Lipinski definition) is 1. The molecule has 0 saturated carbocycles. The van der Waals surface area contributed by atoms with Gasteiger partial charge < -0.3 is 9.84 Å². The van der Waals surface area contributed by atoms with Gasteiger partial charge in [0.05, 0.1) is 0 Å². The molecular formula is C24H16O3. The maximum atomic E-state index is 13.3. The molecule has 4 aromatic carbocycles. The van der Waals surface area contributed by atoms with E-state index in [-0.39, 0.29) is 11.7 Å². The van der Waals surface area contributed by atoms with Crippen molar-refractivity contribution in [1.82, 2.24) is 0 Å². The van der Waals surface area contributed by atoms with Gasteiger partial charge in [-0.1, -0.05) is 66.7 Å². The predicted octanol–water partition coefficient (Wildman–Crippen LogP) is 4.80. The second kappa shape index (κ2) is 5.71. The Bertz CT molecular complexity index is 1180. The average molecular weight is 352 g/mol. The first kappa shape index (κ1) is 15.6. The highest BCUT2D eigenvalue weighted by atomic mass is 16.5. The van der Waals surface area contributed by atoms with Crippen molar-refractivity contribution in [3.63, 3.8) is 0 Å². The lowest BCUT2D eigenvalue weighted by molar-refractivity contribution is -0.135. The largest absolute Gasteiger partial charge is 0.508 e. The molecule has 3 heteroatoms. The van der Waals surface area contributed by atoms with Crippen LogP contribution in [-0.2, 0) is 10.2 Å². The second-order valence-electron chi connectivity index (χ2n) is 6.75. The Kier molecular flexibility index (Phi) is 3.31. The minimum absolute atomic E-state index is 0.0731. The third kappa shape index (κ3) is 2.18. The number of hydrogen-bond acceptors (Lipinski definition) is 3. The van der Waals surface area contributed by atoms with Crippen molar-refractivity contribution in [2.24, 2.45) is 0 Å². The van der Waals surface area contributed by atoms with Gasteiger partial charge in [-0.3, -0.25) is 0 Å². The van der Waals surface area contributed by atoms with E-state index in [1.807, 2.05) is 72.8 Å². The zero-order valence-electron chi connectivity index (χ0n) is 14.4. The van der Waals surface area contributed by atoms with Crippen molar-refractivity contribution >= 4 is 16.7 Å². The Morgan fingerprint density at radius 1 is 0.704 bits per heavy atom. The number of esters is 1. The summed E-state index contributed by atoms with van der Waals surface area (Å²) in [4.78, 5) is 13.3. The highest BCUT2D eigenvalue weighted by Gasteiger charge is 2.52. The standard InChI is InChI=1S/C24H16O3/c25-20-12-13-21-22(15-20)27-23(26)24(21,18-8-2-1-3-9-18)19-11-10-16-6-4-5-7-17(16)14-19/h1-15,25H/t24-/m1/s1. The normalized spacial score (nSPS) is 18.3. The fourth-order valence-corrected chi connectivity index (χ4v) is 4.02. The highest BCUT2D eigenvalue weighted by Crippen LogP contribution is 2.50. The van der Waals surface area contributed by atoms with Crippen LogP contribution in [0.25, 0.3) is 10.8 Å². The number of ether oxygens (including phenoxy) is 1. The van der Waals surface area contributed by atoms with Gasteiger partial charge in [0.1, 0.15) is 16.9 Å². The molecule has 1 aliphatic heterocycles. The van der Waals surface area contributed by atoms with Crippen LogP contribution in [-0.4, -0.2) is 11.1 Å². The van der Waals surface area contributed by atoms with E-state index in [2.05, 4.69) is 0 Å². The van der Waals surface area contributed by atoms with Crippen LogP contribution in [0, 0.1) is 0 Å². The topological polar surface area (TPSA) is 46.5 Å². The first-order chi connectivity index (χ1) is 13.2. The molecule has 3 nitrogen and oxygen atoms in total. The lowest BCUT2D eigenvalue weighted by Gasteiger charge is -2.27. The number of aromatic hydroxyl groups is 1. The molecule has 0 unspecified atom stereocenters. The summed E-state index contributed by atoms with van der Waals surface area (Å²) in [5.74, 6) is 0.116. The summed E-state index contributed by atoms with van der Waals surface area (Å²) in [6, 6.07) is 28.7. The molecule has 1 aliphatic rings. The molecule has 0 radical (unpaired) electrons. The van der Waals surface area contributed by atoms with Gasteiger partial charge in [0.15, 0.2) is 0 Å². The number of fused-ring (bicyclic) bond motifs is 2. The number of rotatable bonds is 2. The van der Waals surface area contributed by atoms with Crippen LogP contribution in [0.2, 0.25) is 0 Å². The van der Waals surface area contributed by atoms with Crippen LogP contribution in [0.3, 0.4) is 0 Å². The van der Waals surface area contributed by atoms with E-state index >= 15 is 0 Å². The van der Waals surface area contributed by atoms with Gasteiger partial charge in [-0.15, -0.1) is 0 Å². The molecule has 130 valence electrons. The molecule has 4 aromatic rings. The van der Waals surface area contributed by atoms with E-state index in [1.54, 1.807) is 12.1 Å². The summed E-state index contributed by atoms with van der Waals surface area (Å²) in [6.45, 7) is 0. The molecule has 0 aromatic heterocycles. The third-order valence-corrected chi connectivity index (χ3v) is 5.27. The first-order valence-electron chi connectivity index (χ1n) is 8.80. The van der Waals surface area contributed by atoms with Gasteiger partial charge in [0.25, 0.3) is 0 Å². The number of benzene rings is 4. The third-order valence-electron chi connectivity index (χ3n) is 5.27. The summed E-state index contributed by atoms with van der Waals surface area (Å²) in [5, 5.41) is 12.0. The van der Waals surface area contributed by atoms with Crippen LogP contribution >= 0.6 is 0 Å². The van der Waals surface area contributed by atoms with E-state index in [9.17, 15) is 9.90 Å². The fourth-order valence-electron chi connectivity index (χ4n) is 4.02. The first-order valence-corrected chi connectivity index (χ1v) is 8.80. The molecule has 0 bridgehead atoms. The molecular weight excluding hydrogens is 336 g/mol. The zero-order chi connectivity index (χ0) is 18.4. The quantitative estimate of drug-likeness (QED) is 0.416. The number of phenols is 1. The smallest absolute Gasteiger partial charge is 0.331 e. The summed E-state index contributed by atoms with van der Waals surface area (Å²) in [5.41, 5.74) is 1.37. The van der Waals surface area contributed by atoms with Crippen molar-refractivity contribution in [3.05, 3.63) is 108 Å². The lowest BCUT2D eigenvalue weighted by Crippen LogP contribution is -2.36. The monoisotopic (exact) mass is 352 g/mol. The van der Waals surface area contributed by atoms with Gasteiger partial charge in [-0.2, -0.15) is 0 Å². The number of carbonyl (C=O) groups is 1. The van der Waals surface area contributed by atoms with Crippen molar-refractivity contribution in [2.45, 2.75) is 5.41 Å². The van der Waals surface area contributed by atoms with Gasteiger partial charge in [0, 0.05) is 11.6 Å². The van der Waals surface area contributed by atoms with Crippen LogP contribution in [0.1, 0.15) is 16.7 Å². The second-order valence-corrected chi connectivity index (χ2v) is 6.75. The molecule has 0 spiro atoms. The molecule has 0 amide bonds. The van der Waals surface area contributed by atoms with Crippen molar-refractivity contribution < 1.29 is 14.6 Å². The molecule has 5 rings (SSSR count). The van der Waals surface area contributed by atoms with E-state index in [4.69, 9.17) is 4.74 Å².